The average Bonchev–Trinajstić information content (AvgIpc) is 2.75. The van der Waals surface area contributed by atoms with E-state index in [1.807, 2.05) is 12.1 Å². The Balaban J connectivity index is 2.02. The van der Waals surface area contributed by atoms with E-state index in [-0.39, 0.29) is 0 Å². The van der Waals surface area contributed by atoms with Gasteiger partial charge in [0.05, 0.1) is 5.69 Å². The predicted molar refractivity (Wildman–Crippen MR) is 67.0 cm³/mol. The maximum Gasteiger partial charge on any atom is 0.115 e. The van der Waals surface area contributed by atoms with Gasteiger partial charge >= 0.3 is 0 Å². The Hall–Kier alpha value is -1.77. The van der Waals surface area contributed by atoms with E-state index in [0.29, 0.717) is 11.7 Å². The van der Waals surface area contributed by atoms with Crippen molar-refractivity contribution in [3.05, 3.63) is 36.3 Å². The Morgan fingerprint density at radius 1 is 1.29 bits per heavy atom. The fourth-order valence-electron chi connectivity index (χ4n) is 2.47. The molecule has 1 atom stereocenters. The maximum absolute atomic E-state index is 9.28. The summed E-state index contributed by atoms with van der Waals surface area (Å²) in [6.45, 7) is 3.31. The summed E-state index contributed by atoms with van der Waals surface area (Å²) in [7, 11) is 0. The molecule has 88 valence electrons. The number of benzene rings is 1. The van der Waals surface area contributed by atoms with Crippen LogP contribution in [-0.4, -0.2) is 14.7 Å². The van der Waals surface area contributed by atoms with Crippen molar-refractivity contribution < 1.29 is 5.11 Å². The lowest BCUT2D eigenvalue weighted by molar-refractivity contribution is 0.463. The summed E-state index contributed by atoms with van der Waals surface area (Å²) in [5.74, 6) is 2.04. The van der Waals surface area contributed by atoms with Crippen molar-refractivity contribution in [3.63, 3.8) is 0 Å². The molecule has 1 N–H and O–H groups in total. The number of aromatic nitrogens is 2. The van der Waals surface area contributed by atoms with E-state index in [9.17, 15) is 5.11 Å². The molecule has 0 bridgehead atoms. The van der Waals surface area contributed by atoms with Crippen LogP contribution in [-0.2, 0) is 6.54 Å². The van der Waals surface area contributed by atoms with Gasteiger partial charge < -0.3 is 9.67 Å². The highest BCUT2D eigenvalue weighted by Crippen LogP contribution is 2.29. The highest BCUT2D eigenvalue weighted by Gasteiger charge is 2.19. The van der Waals surface area contributed by atoms with Gasteiger partial charge in [0.2, 0.25) is 0 Å². The van der Waals surface area contributed by atoms with Gasteiger partial charge in [-0.2, -0.15) is 0 Å². The normalized spacial score (nSPS) is 19.0. The summed E-state index contributed by atoms with van der Waals surface area (Å²) >= 11 is 0. The molecule has 3 nitrogen and oxygen atoms in total. The van der Waals surface area contributed by atoms with Gasteiger partial charge in [-0.15, -0.1) is 0 Å². The van der Waals surface area contributed by atoms with Crippen molar-refractivity contribution in [1.29, 1.82) is 0 Å². The smallest absolute Gasteiger partial charge is 0.115 e. The molecule has 0 saturated carbocycles. The van der Waals surface area contributed by atoms with Crippen LogP contribution in [0.3, 0.4) is 0 Å². The summed E-state index contributed by atoms with van der Waals surface area (Å²) in [5.41, 5.74) is 2.07. The molecule has 1 aromatic carbocycles. The van der Waals surface area contributed by atoms with Gasteiger partial charge in [-0.1, -0.05) is 6.92 Å². The Morgan fingerprint density at radius 3 is 2.76 bits per heavy atom. The van der Waals surface area contributed by atoms with Crippen molar-refractivity contribution >= 4 is 0 Å². The highest BCUT2D eigenvalue weighted by atomic mass is 16.3. The minimum absolute atomic E-state index is 0.297. The number of nitrogens with zero attached hydrogens (tertiary/aromatic N) is 2. The lowest BCUT2D eigenvalue weighted by atomic mass is 10.0. The maximum atomic E-state index is 9.28. The fraction of sp³-hybridized carbons (Fsp3) is 0.357. The van der Waals surface area contributed by atoms with E-state index in [1.54, 1.807) is 12.1 Å². The van der Waals surface area contributed by atoms with Crippen molar-refractivity contribution in [2.45, 2.75) is 32.2 Å². The van der Waals surface area contributed by atoms with E-state index < -0.39 is 0 Å². The molecule has 2 heterocycles. The van der Waals surface area contributed by atoms with E-state index in [1.165, 1.54) is 18.7 Å². The molecule has 2 aromatic rings. The predicted octanol–water partition coefficient (Wildman–Crippen LogP) is 3.15. The number of aromatic hydroxyl groups is 1. The Kier molecular flexibility index (Phi) is 2.39. The molecule has 17 heavy (non-hydrogen) atoms. The first-order valence-electron chi connectivity index (χ1n) is 6.10. The van der Waals surface area contributed by atoms with Crippen LogP contribution < -0.4 is 0 Å². The molecule has 1 aliphatic heterocycles. The largest absolute Gasteiger partial charge is 0.508 e. The van der Waals surface area contributed by atoms with Crippen LogP contribution >= 0.6 is 0 Å². The summed E-state index contributed by atoms with van der Waals surface area (Å²) in [6.07, 6.45) is 4.59. The molecule has 0 aliphatic carbocycles. The van der Waals surface area contributed by atoms with E-state index >= 15 is 0 Å². The number of hydrogen-bond acceptors (Lipinski definition) is 2. The van der Waals surface area contributed by atoms with Gasteiger partial charge in [0.15, 0.2) is 0 Å². The quantitative estimate of drug-likeness (QED) is 0.814. The number of phenols is 1. The number of phenolic OH excluding ortho intramolecular Hbond substituents is 1. The van der Waals surface area contributed by atoms with Crippen LogP contribution in [0.25, 0.3) is 11.3 Å². The lowest BCUT2D eigenvalue weighted by Crippen LogP contribution is -2.12. The SMILES string of the molecule is CC1CCCn2cc(-c3ccc(O)cc3)nc21. The van der Waals surface area contributed by atoms with Crippen LogP contribution in [0.4, 0.5) is 0 Å². The number of hydrogen-bond donors (Lipinski definition) is 1. The van der Waals surface area contributed by atoms with E-state index in [4.69, 9.17) is 4.98 Å². The van der Waals surface area contributed by atoms with Gasteiger partial charge in [0, 0.05) is 24.2 Å². The minimum atomic E-state index is 0.297. The summed E-state index contributed by atoms with van der Waals surface area (Å²) in [6, 6.07) is 7.23. The van der Waals surface area contributed by atoms with Gasteiger partial charge in [0.25, 0.3) is 0 Å². The van der Waals surface area contributed by atoms with Gasteiger partial charge in [-0.05, 0) is 37.1 Å². The van der Waals surface area contributed by atoms with Crippen molar-refractivity contribution in [2.24, 2.45) is 0 Å². The molecule has 1 aliphatic rings. The number of aryl methyl sites for hydroxylation is 1. The Labute approximate surface area is 101 Å². The van der Waals surface area contributed by atoms with Crippen molar-refractivity contribution in [1.82, 2.24) is 9.55 Å². The van der Waals surface area contributed by atoms with Crippen molar-refractivity contribution in [3.8, 4) is 17.0 Å². The third-order valence-corrected chi connectivity index (χ3v) is 3.45. The van der Waals surface area contributed by atoms with Crippen molar-refractivity contribution in [2.75, 3.05) is 0 Å². The van der Waals surface area contributed by atoms with Crippen LogP contribution in [0.5, 0.6) is 5.75 Å². The average molecular weight is 228 g/mol. The van der Waals surface area contributed by atoms with Crippen LogP contribution in [0.15, 0.2) is 30.5 Å². The van der Waals surface area contributed by atoms with Gasteiger partial charge in [0.1, 0.15) is 11.6 Å². The minimum Gasteiger partial charge on any atom is -0.508 e. The third-order valence-electron chi connectivity index (χ3n) is 3.45. The van der Waals surface area contributed by atoms with Crippen LogP contribution in [0.1, 0.15) is 31.5 Å². The highest BCUT2D eigenvalue weighted by molar-refractivity contribution is 5.59. The van der Waals surface area contributed by atoms with E-state index in [0.717, 1.165) is 17.8 Å². The molecule has 1 aromatic heterocycles. The first-order valence-corrected chi connectivity index (χ1v) is 6.10. The summed E-state index contributed by atoms with van der Waals surface area (Å²) in [4.78, 5) is 4.71. The Morgan fingerprint density at radius 2 is 2.06 bits per heavy atom. The molecule has 0 spiro atoms. The Bertz CT molecular complexity index is 528. The van der Waals surface area contributed by atoms with Crippen LogP contribution in [0, 0.1) is 0 Å². The standard InChI is InChI=1S/C14H16N2O/c1-10-3-2-8-16-9-13(15-14(10)16)11-4-6-12(17)7-5-11/h4-7,9-10,17H,2-3,8H2,1H3. The monoisotopic (exact) mass is 228 g/mol. The third kappa shape index (κ3) is 1.82. The second-order valence-corrected chi connectivity index (χ2v) is 4.77. The molecule has 0 radical (unpaired) electrons. The molecule has 1 unspecified atom stereocenters. The molecule has 3 rings (SSSR count). The zero-order valence-electron chi connectivity index (χ0n) is 9.93. The summed E-state index contributed by atoms with van der Waals surface area (Å²) < 4.78 is 2.26. The zero-order valence-corrected chi connectivity index (χ0v) is 9.93. The second-order valence-electron chi connectivity index (χ2n) is 4.77. The number of rotatable bonds is 1. The molecule has 0 saturated heterocycles. The summed E-state index contributed by atoms with van der Waals surface area (Å²) in [5, 5.41) is 9.28. The first kappa shape index (κ1) is 10.4. The number of imidazole rings is 1. The molecular formula is C14H16N2O. The molecule has 0 amide bonds. The molecule has 3 heteroatoms. The van der Waals surface area contributed by atoms with E-state index in [2.05, 4.69) is 17.7 Å². The lowest BCUT2D eigenvalue weighted by Gasteiger charge is -2.19. The topological polar surface area (TPSA) is 38.0 Å². The zero-order chi connectivity index (χ0) is 11.8. The second kappa shape index (κ2) is 3.91. The van der Waals surface area contributed by atoms with Gasteiger partial charge in [-0.25, -0.2) is 4.98 Å². The molecule has 0 fully saturated rings. The van der Waals surface area contributed by atoms with Gasteiger partial charge in [-0.3, -0.25) is 0 Å². The number of fused-ring (bicyclic) bond motifs is 1. The molecular weight excluding hydrogens is 212 g/mol. The fourth-order valence-corrected chi connectivity index (χ4v) is 2.47. The first-order chi connectivity index (χ1) is 8.24. The van der Waals surface area contributed by atoms with Crippen LogP contribution in [0.2, 0.25) is 0 Å².